The Labute approximate surface area is 226 Å². The van der Waals surface area contributed by atoms with E-state index in [4.69, 9.17) is 32.7 Å². The summed E-state index contributed by atoms with van der Waals surface area (Å²) in [5.74, 6) is -1.97. The van der Waals surface area contributed by atoms with Crippen molar-refractivity contribution in [3.63, 3.8) is 0 Å². The van der Waals surface area contributed by atoms with Crippen molar-refractivity contribution >= 4 is 46.6 Å². The van der Waals surface area contributed by atoms with Gasteiger partial charge in [0.25, 0.3) is 11.8 Å². The van der Waals surface area contributed by atoms with E-state index in [2.05, 4.69) is 10.6 Å². The minimum absolute atomic E-state index is 0.0362. The molecule has 4 aliphatic carbocycles. The van der Waals surface area contributed by atoms with E-state index in [0.717, 1.165) is 6.07 Å². The number of alkyl halides is 1. The highest BCUT2D eigenvalue weighted by atomic mass is 35.5. The van der Waals surface area contributed by atoms with Crippen molar-refractivity contribution in [3.8, 4) is 11.5 Å². The van der Waals surface area contributed by atoms with Gasteiger partial charge in [-0.15, -0.1) is 0 Å². The maximum Gasteiger partial charge on any atom is 0.263 e. The number of halogens is 4. The second kappa shape index (κ2) is 8.98. The Balaban J connectivity index is 1.03. The monoisotopic (exact) mass is 565 g/mol. The van der Waals surface area contributed by atoms with E-state index in [0.29, 0.717) is 35.7 Å². The number of carbonyl (C=O) groups excluding carboxylic acids is 3. The molecule has 38 heavy (non-hydrogen) atoms. The van der Waals surface area contributed by atoms with E-state index < -0.39 is 41.0 Å². The molecule has 8 nitrogen and oxygen atoms in total. The fourth-order valence-corrected chi connectivity index (χ4v) is 5.95. The number of carbonyl (C=O) groups is 3. The van der Waals surface area contributed by atoms with Crippen molar-refractivity contribution in [1.29, 1.82) is 0 Å². The third kappa shape index (κ3) is 4.53. The first-order valence-electron chi connectivity index (χ1n) is 12.2. The van der Waals surface area contributed by atoms with Crippen molar-refractivity contribution in [2.75, 3.05) is 18.1 Å². The number of hydrogen-bond acceptors (Lipinski definition) is 5. The maximum absolute atomic E-state index is 13.6. The van der Waals surface area contributed by atoms with E-state index >= 15 is 0 Å². The number of benzene rings is 2. The van der Waals surface area contributed by atoms with E-state index in [9.17, 15) is 23.2 Å². The topological polar surface area (TPSA) is 97.0 Å². The van der Waals surface area contributed by atoms with Crippen LogP contribution in [0.4, 0.5) is 14.5 Å². The molecule has 1 heterocycles. The Bertz CT molecular complexity index is 1340. The average molecular weight is 566 g/mol. The van der Waals surface area contributed by atoms with E-state index in [1.165, 1.54) is 17.0 Å². The van der Waals surface area contributed by atoms with Crippen LogP contribution in [0.25, 0.3) is 0 Å². The van der Waals surface area contributed by atoms with Crippen molar-refractivity contribution < 1.29 is 32.6 Å². The Morgan fingerprint density at radius 3 is 2.47 bits per heavy atom. The Kier molecular flexibility index (Phi) is 5.95. The molecule has 3 atom stereocenters. The summed E-state index contributed by atoms with van der Waals surface area (Å²) in [6.45, 7) is -0.339. The molecular weight excluding hydrogens is 543 g/mol. The van der Waals surface area contributed by atoms with Crippen LogP contribution in [-0.2, 0) is 14.4 Å². The number of fused-ring (bicyclic) bond motifs is 1. The van der Waals surface area contributed by atoms with Crippen molar-refractivity contribution in [2.24, 2.45) is 5.92 Å². The summed E-state index contributed by atoms with van der Waals surface area (Å²) in [6.07, 6.45) is -0.357. The molecule has 0 spiro atoms. The van der Waals surface area contributed by atoms with Crippen molar-refractivity contribution in [3.05, 3.63) is 52.3 Å². The van der Waals surface area contributed by atoms with Gasteiger partial charge in [-0.1, -0.05) is 23.2 Å². The van der Waals surface area contributed by atoms with Crippen LogP contribution in [0.3, 0.4) is 0 Å². The predicted octanol–water partition coefficient (Wildman–Crippen LogP) is 3.57. The summed E-state index contributed by atoms with van der Waals surface area (Å²) >= 11 is 11.7. The molecule has 3 amide bonds. The van der Waals surface area contributed by atoms with Crippen LogP contribution in [-0.4, -0.2) is 54.2 Å². The largest absolute Gasteiger partial charge is 0.484 e. The molecule has 12 heteroatoms. The summed E-state index contributed by atoms with van der Waals surface area (Å²) < 4.78 is 38.4. The number of rotatable bonds is 7. The summed E-state index contributed by atoms with van der Waals surface area (Å²) in [6, 6.07) is 8.68. The Morgan fingerprint density at radius 2 is 1.79 bits per heavy atom. The lowest BCUT2D eigenvalue weighted by Gasteiger charge is -2.70. The maximum atomic E-state index is 13.6. The third-order valence-corrected chi connectivity index (χ3v) is 8.04. The number of nitrogens with one attached hydrogen (secondary N) is 2. The second-order valence-corrected chi connectivity index (χ2v) is 11.4. The lowest BCUT2D eigenvalue weighted by Crippen LogP contribution is -2.84. The summed E-state index contributed by atoms with van der Waals surface area (Å²) in [7, 11) is 0. The number of ether oxygens (including phenoxy) is 2. The molecule has 1 aliphatic heterocycles. The summed E-state index contributed by atoms with van der Waals surface area (Å²) in [5.41, 5.74) is -0.481. The number of nitrogens with zero attached hydrogens (tertiary/aromatic N) is 1. The first kappa shape index (κ1) is 25.2. The zero-order chi connectivity index (χ0) is 26.8. The third-order valence-electron chi connectivity index (χ3n) is 7.50. The standard InChI is InChI=1S/C26H23Cl2F2N3O5/c27-13-1-4-20-19(5-13)33(24(36)15-7-17(15)29)8-21(38-20)23(35)32-26-10-25(11-26,12-26)31-22(34)9-37-14-2-3-16(28)18(30)6-14/h1-6,15,17,21H,7-12H2,(H,31,34)(H,32,35)/t15-,17+,21-,25?,26?/m1/s1. The number of amides is 3. The summed E-state index contributed by atoms with van der Waals surface area (Å²) in [4.78, 5) is 39.8. The highest BCUT2D eigenvalue weighted by molar-refractivity contribution is 6.31. The molecule has 4 saturated carbocycles. The minimum Gasteiger partial charge on any atom is -0.484 e. The van der Waals surface area contributed by atoms with Crippen LogP contribution in [0.1, 0.15) is 25.7 Å². The Morgan fingerprint density at radius 1 is 1.08 bits per heavy atom. The van der Waals surface area contributed by atoms with Gasteiger partial charge in [0.2, 0.25) is 5.91 Å². The first-order valence-corrected chi connectivity index (χ1v) is 12.9. The first-order chi connectivity index (χ1) is 18.1. The van der Waals surface area contributed by atoms with Crippen LogP contribution in [0, 0.1) is 11.7 Å². The quantitative estimate of drug-likeness (QED) is 0.535. The molecule has 0 aromatic heterocycles. The molecule has 5 aliphatic rings. The predicted molar refractivity (Wildman–Crippen MR) is 134 cm³/mol. The van der Waals surface area contributed by atoms with Crippen LogP contribution in [0.2, 0.25) is 10.0 Å². The highest BCUT2D eigenvalue weighted by Gasteiger charge is 2.69. The smallest absolute Gasteiger partial charge is 0.263 e. The molecule has 4 fully saturated rings. The van der Waals surface area contributed by atoms with Gasteiger partial charge in [-0.25, -0.2) is 8.78 Å². The van der Waals surface area contributed by atoms with Gasteiger partial charge in [-0.2, -0.15) is 0 Å². The lowest BCUT2D eigenvalue weighted by molar-refractivity contribution is -0.153. The SMILES string of the molecule is O=C(COc1ccc(Cl)c(F)c1)NC12CC(NC(=O)[C@H]3CN(C(=O)[C@@H]4C[C@@H]4F)c4cc(Cl)ccc4O3)(C1)C2. The minimum atomic E-state index is -1.18. The van der Waals surface area contributed by atoms with Gasteiger partial charge in [0.1, 0.15) is 23.5 Å². The van der Waals surface area contributed by atoms with Crippen LogP contribution in [0.15, 0.2) is 36.4 Å². The van der Waals surface area contributed by atoms with Crippen LogP contribution >= 0.6 is 23.2 Å². The molecule has 2 aromatic rings. The van der Waals surface area contributed by atoms with Gasteiger partial charge in [0, 0.05) is 22.2 Å². The lowest BCUT2D eigenvalue weighted by atomic mass is 9.44. The molecule has 200 valence electrons. The second-order valence-electron chi connectivity index (χ2n) is 10.5. The Hall–Kier alpha value is -3.11. The van der Waals surface area contributed by atoms with E-state index in [-0.39, 0.29) is 42.2 Å². The van der Waals surface area contributed by atoms with Gasteiger partial charge in [-0.05, 0) is 56.0 Å². The molecule has 2 bridgehead atoms. The molecule has 2 aromatic carbocycles. The zero-order valence-electron chi connectivity index (χ0n) is 19.9. The van der Waals surface area contributed by atoms with Gasteiger partial charge in [0.05, 0.1) is 23.2 Å². The zero-order valence-corrected chi connectivity index (χ0v) is 21.5. The number of anilines is 1. The van der Waals surface area contributed by atoms with Gasteiger partial charge in [0.15, 0.2) is 12.7 Å². The molecule has 2 N–H and O–H groups in total. The molecule has 0 radical (unpaired) electrons. The van der Waals surface area contributed by atoms with Gasteiger partial charge in [-0.3, -0.25) is 14.4 Å². The average Bonchev–Trinajstić information content (AvgIpc) is 3.57. The normalized spacial score (nSPS) is 30.1. The van der Waals surface area contributed by atoms with E-state index in [1.807, 2.05) is 0 Å². The molecule has 0 unspecified atom stereocenters. The van der Waals surface area contributed by atoms with Crippen molar-refractivity contribution in [1.82, 2.24) is 10.6 Å². The fourth-order valence-electron chi connectivity index (χ4n) is 5.66. The van der Waals surface area contributed by atoms with Crippen molar-refractivity contribution in [2.45, 2.75) is 49.0 Å². The molecule has 7 rings (SSSR count). The fraction of sp³-hybridized carbons (Fsp3) is 0.423. The van der Waals surface area contributed by atoms with Crippen LogP contribution < -0.4 is 25.0 Å². The van der Waals surface area contributed by atoms with E-state index in [1.54, 1.807) is 18.2 Å². The molecule has 0 saturated heterocycles. The van der Waals surface area contributed by atoms with Gasteiger partial charge < -0.3 is 25.0 Å². The number of hydrogen-bond donors (Lipinski definition) is 2. The highest BCUT2D eigenvalue weighted by Crippen LogP contribution is 2.60. The van der Waals surface area contributed by atoms with Crippen LogP contribution in [0.5, 0.6) is 11.5 Å². The summed E-state index contributed by atoms with van der Waals surface area (Å²) in [5, 5.41) is 6.30. The van der Waals surface area contributed by atoms with Gasteiger partial charge >= 0.3 is 0 Å². The molecular formula is C26H23Cl2F2N3O5.